The molecule has 0 radical (unpaired) electrons. The van der Waals surface area contributed by atoms with E-state index in [1.165, 1.54) is 6.92 Å². The minimum absolute atomic E-state index is 0.280. The smallest absolute Gasteiger partial charge is 0.302 e. The number of rotatable bonds is 16. The van der Waals surface area contributed by atoms with E-state index in [-0.39, 0.29) is 12.6 Å². The van der Waals surface area contributed by atoms with Crippen LogP contribution in [0, 0.1) is 0 Å². The Morgan fingerprint density at radius 3 is 1.29 bits per heavy atom. The summed E-state index contributed by atoms with van der Waals surface area (Å²) in [7, 11) is 0. The lowest BCUT2D eigenvalue weighted by atomic mass is 10.7. The van der Waals surface area contributed by atoms with E-state index in [4.69, 9.17) is 28.4 Å². The van der Waals surface area contributed by atoms with Crippen molar-refractivity contribution in [1.29, 1.82) is 0 Å². The van der Waals surface area contributed by atoms with E-state index in [1.807, 2.05) is 6.92 Å². The molecule has 0 unspecified atom stereocenters. The number of carbonyl (C=O) groups is 1. The van der Waals surface area contributed by atoms with Crippen molar-refractivity contribution in [1.82, 2.24) is 0 Å². The first-order valence-electron chi connectivity index (χ1n) is 7.29. The molecule has 0 aromatic heterocycles. The third-order valence-corrected chi connectivity index (χ3v) is 2.23. The standard InChI is InChI=1S/C14H28O7/c1-3-16-4-5-17-6-7-18-8-9-19-10-11-20-12-13-21-14(2)15/h3-13H2,1-2H3. The van der Waals surface area contributed by atoms with Crippen molar-refractivity contribution in [2.45, 2.75) is 13.8 Å². The molecule has 0 aromatic carbocycles. The maximum atomic E-state index is 10.5. The fourth-order valence-electron chi connectivity index (χ4n) is 1.27. The van der Waals surface area contributed by atoms with Crippen molar-refractivity contribution < 1.29 is 33.2 Å². The number of ether oxygens (including phenoxy) is 6. The summed E-state index contributed by atoms with van der Waals surface area (Å²) in [5, 5.41) is 0. The molecule has 0 atom stereocenters. The maximum Gasteiger partial charge on any atom is 0.302 e. The fourth-order valence-corrected chi connectivity index (χ4v) is 1.27. The second-order valence-corrected chi connectivity index (χ2v) is 3.99. The normalized spacial score (nSPS) is 10.8. The first-order valence-corrected chi connectivity index (χ1v) is 7.29. The van der Waals surface area contributed by atoms with Gasteiger partial charge in [0, 0.05) is 13.5 Å². The third kappa shape index (κ3) is 19.3. The van der Waals surface area contributed by atoms with Crippen LogP contribution in [0.2, 0.25) is 0 Å². The molecule has 126 valence electrons. The van der Waals surface area contributed by atoms with Gasteiger partial charge in [0.15, 0.2) is 0 Å². The third-order valence-electron chi connectivity index (χ3n) is 2.23. The van der Waals surface area contributed by atoms with E-state index in [0.29, 0.717) is 66.1 Å². The second kappa shape index (κ2) is 17.3. The molecule has 0 rings (SSSR count). The molecule has 0 spiro atoms. The predicted octanol–water partition coefficient (Wildman–Crippen LogP) is 0.652. The number of carbonyl (C=O) groups excluding carboxylic acids is 1. The van der Waals surface area contributed by atoms with Crippen LogP contribution in [0.1, 0.15) is 13.8 Å². The molecular formula is C14H28O7. The van der Waals surface area contributed by atoms with Crippen LogP contribution in [0.5, 0.6) is 0 Å². The van der Waals surface area contributed by atoms with Crippen molar-refractivity contribution in [2.75, 3.05) is 72.7 Å². The fraction of sp³-hybridized carbons (Fsp3) is 0.929. The minimum Gasteiger partial charge on any atom is -0.463 e. The highest BCUT2D eigenvalue weighted by atomic mass is 16.6. The van der Waals surface area contributed by atoms with E-state index in [9.17, 15) is 4.79 Å². The summed E-state index contributed by atoms with van der Waals surface area (Å²) in [6.07, 6.45) is 0. The quantitative estimate of drug-likeness (QED) is 0.306. The number of hydrogen-bond donors (Lipinski definition) is 0. The molecule has 0 aliphatic rings. The summed E-state index contributed by atoms with van der Waals surface area (Å²) in [5.74, 6) is -0.297. The molecule has 0 heterocycles. The molecule has 0 saturated carbocycles. The summed E-state index contributed by atoms with van der Waals surface area (Å²) in [6.45, 7) is 9.05. The van der Waals surface area contributed by atoms with Gasteiger partial charge in [0.25, 0.3) is 0 Å². The lowest BCUT2D eigenvalue weighted by Gasteiger charge is -2.07. The minimum atomic E-state index is -0.297. The Morgan fingerprint density at radius 1 is 0.619 bits per heavy atom. The highest BCUT2D eigenvalue weighted by Crippen LogP contribution is 1.84. The Hall–Kier alpha value is -0.730. The number of esters is 1. The summed E-state index contributed by atoms with van der Waals surface area (Å²) in [6, 6.07) is 0. The molecule has 0 amide bonds. The Labute approximate surface area is 126 Å². The van der Waals surface area contributed by atoms with Crippen LogP contribution in [-0.4, -0.2) is 78.6 Å². The van der Waals surface area contributed by atoms with E-state index >= 15 is 0 Å². The van der Waals surface area contributed by atoms with Crippen LogP contribution in [0.3, 0.4) is 0 Å². The van der Waals surface area contributed by atoms with Gasteiger partial charge in [-0.25, -0.2) is 0 Å². The molecule has 0 aromatic rings. The topological polar surface area (TPSA) is 72.5 Å². The largest absolute Gasteiger partial charge is 0.463 e. The van der Waals surface area contributed by atoms with Crippen molar-refractivity contribution in [3.8, 4) is 0 Å². The van der Waals surface area contributed by atoms with Crippen LogP contribution >= 0.6 is 0 Å². The van der Waals surface area contributed by atoms with Crippen LogP contribution in [0.25, 0.3) is 0 Å². The van der Waals surface area contributed by atoms with Gasteiger partial charge in [-0.2, -0.15) is 0 Å². The van der Waals surface area contributed by atoms with Gasteiger partial charge in [0.1, 0.15) is 6.61 Å². The van der Waals surface area contributed by atoms with Crippen LogP contribution in [0.15, 0.2) is 0 Å². The molecule has 0 saturated heterocycles. The Balaban J connectivity index is 2.95. The average molecular weight is 308 g/mol. The summed E-state index contributed by atoms with van der Waals surface area (Å²) in [4.78, 5) is 10.5. The van der Waals surface area contributed by atoms with Crippen molar-refractivity contribution in [3.05, 3.63) is 0 Å². The lowest BCUT2D eigenvalue weighted by Crippen LogP contribution is -2.14. The second-order valence-electron chi connectivity index (χ2n) is 3.99. The van der Waals surface area contributed by atoms with Crippen molar-refractivity contribution in [2.24, 2.45) is 0 Å². The summed E-state index contributed by atoms with van der Waals surface area (Å²) >= 11 is 0. The maximum absolute atomic E-state index is 10.5. The summed E-state index contributed by atoms with van der Waals surface area (Å²) < 4.78 is 31.0. The van der Waals surface area contributed by atoms with E-state index in [0.717, 1.165) is 0 Å². The Bertz CT molecular complexity index is 223. The van der Waals surface area contributed by atoms with Gasteiger partial charge in [-0.05, 0) is 6.92 Å². The number of hydrogen-bond acceptors (Lipinski definition) is 7. The predicted molar refractivity (Wildman–Crippen MR) is 76.4 cm³/mol. The van der Waals surface area contributed by atoms with E-state index in [2.05, 4.69) is 0 Å². The van der Waals surface area contributed by atoms with Gasteiger partial charge >= 0.3 is 5.97 Å². The van der Waals surface area contributed by atoms with Crippen LogP contribution in [-0.2, 0) is 33.2 Å². The summed E-state index contributed by atoms with van der Waals surface area (Å²) in [5.41, 5.74) is 0. The zero-order valence-electron chi connectivity index (χ0n) is 13.1. The molecular weight excluding hydrogens is 280 g/mol. The first kappa shape index (κ1) is 20.3. The first-order chi connectivity index (χ1) is 10.3. The Kier molecular flexibility index (Phi) is 16.7. The van der Waals surface area contributed by atoms with Crippen molar-refractivity contribution >= 4 is 5.97 Å². The van der Waals surface area contributed by atoms with Gasteiger partial charge in [-0.15, -0.1) is 0 Å². The zero-order chi connectivity index (χ0) is 15.6. The molecule has 0 bridgehead atoms. The molecule has 0 aliphatic heterocycles. The van der Waals surface area contributed by atoms with Crippen molar-refractivity contribution in [3.63, 3.8) is 0 Å². The van der Waals surface area contributed by atoms with Gasteiger partial charge in [0.2, 0.25) is 0 Å². The Morgan fingerprint density at radius 2 is 0.952 bits per heavy atom. The van der Waals surface area contributed by atoms with Crippen LogP contribution in [0.4, 0.5) is 0 Å². The molecule has 21 heavy (non-hydrogen) atoms. The average Bonchev–Trinajstić information content (AvgIpc) is 2.46. The zero-order valence-corrected chi connectivity index (χ0v) is 13.1. The monoisotopic (exact) mass is 308 g/mol. The lowest BCUT2D eigenvalue weighted by molar-refractivity contribution is -0.142. The molecule has 0 fully saturated rings. The van der Waals surface area contributed by atoms with Gasteiger partial charge in [-0.3, -0.25) is 4.79 Å². The molecule has 7 nitrogen and oxygen atoms in total. The van der Waals surface area contributed by atoms with E-state index < -0.39 is 0 Å². The highest BCUT2D eigenvalue weighted by molar-refractivity contribution is 5.65. The molecule has 0 N–H and O–H groups in total. The van der Waals surface area contributed by atoms with Gasteiger partial charge in [0.05, 0.1) is 59.5 Å². The van der Waals surface area contributed by atoms with E-state index in [1.54, 1.807) is 0 Å². The molecule has 0 aliphatic carbocycles. The van der Waals surface area contributed by atoms with Crippen LogP contribution < -0.4 is 0 Å². The molecule has 7 heteroatoms. The SMILES string of the molecule is CCOCCOCCOCCOCCOCCOC(C)=O. The van der Waals surface area contributed by atoms with Gasteiger partial charge < -0.3 is 28.4 Å². The highest BCUT2D eigenvalue weighted by Gasteiger charge is 1.94. The van der Waals surface area contributed by atoms with Gasteiger partial charge in [-0.1, -0.05) is 0 Å².